The fraction of sp³-hybridized carbons (Fsp3) is 0. The molecule has 2 rings (SSSR count). The number of carbonyl (C=O) groups is 1. The van der Waals surface area contributed by atoms with Crippen LogP contribution in [0.1, 0.15) is 10.5 Å². The molecule has 0 spiro atoms. The molecule has 6 heteroatoms. The number of phenols is 1. The smallest absolute Gasteiger partial charge is 0.274 e. The molecule has 1 aromatic carbocycles. The second-order valence-electron chi connectivity index (χ2n) is 3.48. The summed E-state index contributed by atoms with van der Waals surface area (Å²) in [7, 11) is 0. The summed E-state index contributed by atoms with van der Waals surface area (Å²) in [6, 6.07) is 7.50. The van der Waals surface area contributed by atoms with Gasteiger partial charge in [0.05, 0.1) is 10.0 Å². The molecule has 0 saturated carbocycles. The van der Waals surface area contributed by atoms with Crippen molar-refractivity contribution in [1.82, 2.24) is 4.98 Å². The highest BCUT2D eigenvalue weighted by molar-refractivity contribution is 6.32. The van der Waals surface area contributed by atoms with Crippen molar-refractivity contribution in [3.63, 3.8) is 0 Å². The van der Waals surface area contributed by atoms with Gasteiger partial charge in [0.15, 0.2) is 0 Å². The van der Waals surface area contributed by atoms with Crippen LogP contribution in [0.3, 0.4) is 0 Å². The molecule has 0 aliphatic carbocycles. The van der Waals surface area contributed by atoms with Crippen LogP contribution in [0.4, 0.5) is 5.69 Å². The minimum absolute atomic E-state index is 0.0986. The van der Waals surface area contributed by atoms with Gasteiger partial charge in [0.2, 0.25) is 0 Å². The Bertz CT molecular complexity index is 585. The van der Waals surface area contributed by atoms with Crippen molar-refractivity contribution in [3.05, 3.63) is 52.3 Å². The van der Waals surface area contributed by atoms with Crippen molar-refractivity contribution < 1.29 is 9.90 Å². The van der Waals surface area contributed by atoms with E-state index in [0.29, 0.717) is 10.7 Å². The molecule has 0 atom stereocenters. The Labute approximate surface area is 113 Å². The third-order valence-electron chi connectivity index (χ3n) is 2.16. The molecule has 0 unspecified atom stereocenters. The summed E-state index contributed by atoms with van der Waals surface area (Å²) in [5.74, 6) is -0.494. The zero-order valence-electron chi connectivity index (χ0n) is 9.02. The van der Waals surface area contributed by atoms with Gasteiger partial charge in [0.1, 0.15) is 11.4 Å². The van der Waals surface area contributed by atoms with Crippen LogP contribution in [0.15, 0.2) is 36.5 Å². The van der Waals surface area contributed by atoms with Crippen molar-refractivity contribution in [2.75, 3.05) is 5.32 Å². The number of rotatable bonds is 2. The van der Waals surface area contributed by atoms with Crippen molar-refractivity contribution in [1.29, 1.82) is 0 Å². The van der Waals surface area contributed by atoms with E-state index >= 15 is 0 Å². The van der Waals surface area contributed by atoms with Gasteiger partial charge >= 0.3 is 0 Å². The lowest BCUT2D eigenvalue weighted by atomic mass is 10.2. The first-order valence-corrected chi connectivity index (χ1v) is 5.73. The number of benzene rings is 1. The molecule has 0 radical (unpaired) electrons. The number of hydrogen-bond donors (Lipinski definition) is 2. The quantitative estimate of drug-likeness (QED) is 0.888. The number of aromatic nitrogens is 1. The lowest BCUT2D eigenvalue weighted by Crippen LogP contribution is -2.13. The maximum atomic E-state index is 11.8. The molecule has 0 fully saturated rings. The number of halogens is 2. The highest BCUT2D eigenvalue weighted by Crippen LogP contribution is 2.26. The Morgan fingerprint density at radius 3 is 2.61 bits per heavy atom. The maximum Gasteiger partial charge on any atom is 0.274 e. The van der Waals surface area contributed by atoms with E-state index in [1.165, 1.54) is 24.4 Å². The van der Waals surface area contributed by atoms with Gasteiger partial charge in [-0.3, -0.25) is 4.79 Å². The number of nitrogens with one attached hydrogen (secondary N) is 1. The van der Waals surface area contributed by atoms with Crippen LogP contribution in [0.25, 0.3) is 0 Å². The summed E-state index contributed by atoms with van der Waals surface area (Å²) in [4.78, 5) is 15.7. The summed E-state index contributed by atoms with van der Waals surface area (Å²) in [5.41, 5.74) is 0.660. The van der Waals surface area contributed by atoms with E-state index in [1.807, 2.05) is 0 Å². The highest BCUT2D eigenvalue weighted by Gasteiger charge is 2.08. The maximum absolute atomic E-state index is 11.8. The third-order valence-corrected chi connectivity index (χ3v) is 2.71. The van der Waals surface area contributed by atoms with E-state index in [2.05, 4.69) is 10.3 Å². The molecular formula is C12H8Cl2N2O2. The van der Waals surface area contributed by atoms with E-state index in [9.17, 15) is 9.90 Å². The summed E-state index contributed by atoms with van der Waals surface area (Å²) < 4.78 is 0. The molecule has 1 amide bonds. The lowest BCUT2D eigenvalue weighted by Gasteiger charge is -2.05. The summed E-state index contributed by atoms with van der Waals surface area (Å²) >= 11 is 11.3. The average molecular weight is 283 g/mol. The monoisotopic (exact) mass is 282 g/mol. The number of pyridine rings is 1. The van der Waals surface area contributed by atoms with Crippen LogP contribution in [-0.2, 0) is 0 Å². The highest BCUT2D eigenvalue weighted by atomic mass is 35.5. The summed E-state index contributed by atoms with van der Waals surface area (Å²) in [6.45, 7) is 0. The molecule has 18 heavy (non-hydrogen) atoms. The van der Waals surface area contributed by atoms with Crippen LogP contribution in [-0.4, -0.2) is 16.0 Å². The molecular weight excluding hydrogens is 275 g/mol. The van der Waals surface area contributed by atoms with E-state index in [0.717, 1.165) is 0 Å². The summed E-state index contributed by atoms with van der Waals surface area (Å²) in [5, 5.41) is 12.7. The Balaban J connectivity index is 2.16. The number of aromatic hydroxyl groups is 1. The molecule has 2 N–H and O–H groups in total. The first-order valence-electron chi connectivity index (χ1n) is 4.97. The van der Waals surface area contributed by atoms with Crippen LogP contribution in [0.5, 0.6) is 5.75 Å². The summed E-state index contributed by atoms with van der Waals surface area (Å²) in [6.07, 6.45) is 1.38. The Morgan fingerprint density at radius 2 is 2.00 bits per heavy atom. The minimum Gasteiger partial charge on any atom is -0.506 e. The van der Waals surface area contributed by atoms with Gasteiger partial charge in [-0.2, -0.15) is 0 Å². The topological polar surface area (TPSA) is 62.2 Å². The van der Waals surface area contributed by atoms with Gasteiger partial charge in [0.25, 0.3) is 5.91 Å². The average Bonchev–Trinajstić information content (AvgIpc) is 2.34. The number of hydrogen-bond acceptors (Lipinski definition) is 3. The fourth-order valence-electron chi connectivity index (χ4n) is 1.30. The SMILES string of the molecule is O=C(Nc1ccc(Cl)c(O)c1)c1ccc(Cl)cn1. The van der Waals surface area contributed by atoms with Gasteiger partial charge < -0.3 is 10.4 Å². The molecule has 92 valence electrons. The Hall–Kier alpha value is -1.78. The zero-order chi connectivity index (χ0) is 13.1. The van der Waals surface area contributed by atoms with Crippen LogP contribution in [0.2, 0.25) is 10.0 Å². The molecule has 1 aromatic heterocycles. The molecule has 0 aliphatic heterocycles. The molecule has 0 saturated heterocycles. The lowest BCUT2D eigenvalue weighted by molar-refractivity contribution is 0.102. The number of amides is 1. The Morgan fingerprint density at radius 1 is 1.22 bits per heavy atom. The number of carbonyl (C=O) groups excluding carboxylic acids is 1. The van der Waals surface area contributed by atoms with E-state index in [-0.39, 0.29) is 16.5 Å². The largest absolute Gasteiger partial charge is 0.506 e. The Kier molecular flexibility index (Phi) is 3.69. The van der Waals surface area contributed by atoms with Crippen molar-refractivity contribution in [2.24, 2.45) is 0 Å². The number of anilines is 1. The van der Waals surface area contributed by atoms with E-state index < -0.39 is 5.91 Å². The molecule has 4 nitrogen and oxygen atoms in total. The standard InChI is InChI=1S/C12H8Cl2N2O2/c13-7-1-4-10(15-6-7)12(18)16-8-2-3-9(14)11(17)5-8/h1-6,17H,(H,16,18). The first kappa shape index (κ1) is 12.7. The van der Waals surface area contributed by atoms with Crippen LogP contribution >= 0.6 is 23.2 Å². The second-order valence-corrected chi connectivity index (χ2v) is 4.33. The van der Waals surface area contributed by atoms with E-state index in [1.54, 1.807) is 12.1 Å². The van der Waals surface area contributed by atoms with Crippen molar-refractivity contribution in [2.45, 2.75) is 0 Å². The van der Waals surface area contributed by atoms with Crippen LogP contribution < -0.4 is 5.32 Å². The number of nitrogens with zero attached hydrogens (tertiary/aromatic N) is 1. The van der Waals surface area contributed by atoms with Gasteiger partial charge in [0, 0.05) is 18.0 Å². The van der Waals surface area contributed by atoms with E-state index in [4.69, 9.17) is 23.2 Å². The molecule has 0 aliphatic rings. The predicted molar refractivity (Wildman–Crippen MR) is 70.3 cm³/mol. The molecule has 0 bridgehead atoms. The van der Waals surface area contributed by atoms with Gasteiger partial charge in [-0.25, -0.2) is 4.98 Å². The zero-order valence-corrected chi connectivity index (χ0v) is 10.5. The first-order chi connectivity index (χ1) is 8.56. The van der Waals surface area contributed by atoms with Crippen LogP contribution in [0, 0.1) is 0 Å². The fourth-order valence-corrected chi connectivity index (χ4v) is 1.53. The van der Waals surface area contributed by atoms with Gasteiger partial charge in [-0.1, -0.05) is 23.2 Å². The minimum atomic E-state index is -0.395. The molecule has 1 heterocycles. The third kappa shape index (κ3) is 2.91. The normalized spacial score (nSPS) is 10.1. The van der Waals surface area contributed by atoms with Gasteiger partial charge in [-0.05, 0) is 24.3 Å². The van der Waals surface area contributed by atoms with Crippen molar-refractivity contribution in [3.8, 4) is 5.75 Å². The molecule has 2 aromatic rings. The second kappa shape index (κ2) is 5.25. The number of phenolic OH excluding ortho intramolecular Hbond substituents is 1. The predicted octanol–water partition coefficient (Wildman–Crippen LogP) is 3.35. The van der Waals surface area contributed by atoms with Gasteiger partial charge in [-0.15, -0.1) is 0 Å². The van der Waals surface area contributed by atoms with Crippen molar-refractivity contribution >= 4 is 34.8 Å².